The normalized spacial score (nSPS) is 21.1. The number of piperidine rings is 1. The first-order valence-electron chi connectivity index (χ1n) is 7.96. The van der Waals surface area contributed by atoms with Crippen LogP contribution in [0.1, 0.15) is 24.0 Å². The van der Waals surface area contributed by atoms with Gasteiger partial charge in [0, 0.05) is 18.8 Å². The van der Waals surface area contributed by atoms with E-state index in [0.29, 0.717) is 0 Å². The van der Waals surface area contributed by atoms with Crippen molar-refractivity contribution in [3.05, 3.63) is 29.3 Å². The first kappa shape index (κ1) is 13.9. The van der Waals surface area contributed by atoms with Gasteiger partial charge >= 0.3 is 0 Å². The van der Waals surface area contributed by atoms with E-state index in [2.05, 4.69) is 35.3 Å². The van der Waals surface area contributed by atoms with Gasteiger partial charge in [0.2, 0.25) is 0 Å². The third-order valence-corrected chi connectivity index (χ3v) is 4.56. The first-order valence-corrected chi connectivity index (χ1v) is 7.96. The number of benzene rings is 1. The lowest BCUT2D eigenvalue weighted by molar-refractivity contribution is 0.122. The Morgan fingerprint density at radius 3 is 2.70 bits per heavy atom. The van der Waals surface area contributed by atoms with Crippen LogP contribution in [-0.2, 0) is 11.2 Å². The van der Waals surface area contributed by atoms with Crippen molar-refractivity contribution in [1.82, 2.24) is 5.32 Å². The molecule has 110 valence electrons. The summed E-state index contributed by atoms with van der Waals surface area (Å²) in [5, 5.41) is 3.46. The maximum absolute atomic E-state index is 5.49. The van der Waals surface area contributed by atoms with Crippen LogP contribution in [0.25, 0.3) is 0 Å². The summed E-state index contributed by atoms with van der Waals surface area (Å²) in [4.78, 5) is 2.51. The molecule has 0 spiro atoms. The molecule has 20 heavy (non-hydrogen) atoms. The molecular weight excluding hydrogens is 248 g/mol. The maximum Gasteiger partial charge on any atom is 0.0642 e. The van der Waals surface area contributed by atoms with Crippen molar-refractivity contribution in [3.63, 3.8) is 0 Å². The van der Waals surface area contributed by atoms with Crippen LogP contribution in [0.15, 0.2) is 18.2 Å². The fraction of sp³-hybridized carbons (Fsp3) is 0.647. The summed E-state index contributed by atoms with van der Waals surface area (Å²) in [6.45, 7) is 8.35. The van der Waals surface area contributed by atoms with Crippen molar-refractivity contribution in [2.75, 3.05) is 44.3 Å². The average molecular weight is 274 g/mol. The highest BCUT2D eigenvalue weighted by molar-refractivity contribution is 5.56. The van der Waals surface area contributed by atoms with Gasteiger partial charge in [-0.05, 0) is 62.4 Å². The van der Waals surface area contributed by atoms with E-state index in [0.717, 1.165) is 32.2 Å². The van der Waals surface area contributed by atoms with Crippen LogP contribution >= 0.6 is 0 Å². The van der Waals surface area contributed by atoms with Crippen LogP contribution in [0.2, 0.25) is 0 Å². The van der Waals surface area contributed by atoms with Crippen LogP contribution in [0, 0.1) is 12.8 Å². The molecule has 3 rings (SSSR count). The monoisotopic (exact) mass is 274 g/mol. The SMILES string of the molecule is Cc1ccc(CC2CCNCC2)c(N2CCOCC2)c1. The second kappa shape index (κ2) is 6.59. The molecule has 0 bridgehead atoms. The van der Waals surface area contributed by atoms with Gasteiger partial charge in [0.15, 0.2) is 0 Å². The molecule has 3 nitrogen and oxygen atoms in total. The number of anilines is 1. The van der Waals surface area contributed by atoms with Crippen molar-refractivity contribution in [1.29, 1.82) is 0 Å². The number of nitrogens with one attached hydrogen (secondary N) is 1. The number of nitrogens with zero attached hydrogens (tertiary/aromatic N) is 1. The van der Waals surface area contributed by atoms with Gasteiger partial charge in [-0.15, -0.1) is 0 Å². The van der Waals surface area contributed by atoms with E-state index >= 15 is 0 Å². The van der Waals surface area contributed by atoms with Crippen LogP contribution in [0.4, 0.5) is 5.69 Å². The Balaban J connectivity index is 1.77. The fourth-order valence-corrected chi connectivity index (χ4v) is 3.34. The van der Waals surface area contributed by atoms with E-state index in [1.165, 1.54) is 49.2 Å². The Morgan fingerprint density at radius 1 is 1.20 bits per heavy atom. The molecule has 2 saturated heterocycles. The van der Waals surface area contributed by atoms with Gasteiger partial charge in [-0.3, -0.25) is 0 Å². The Bertz CT molecular complexity index is 435. The molecule has 2 fully saturated rings. The minimum atomic E-state index is 0.846. The molecule has 0 amide bonds. The lowest BCUT2D eigenvalue weighted by Crippen LogP contribution is -2.37. The number of aryl methyl sites for hydroxylation is 1. The smallest absolute Gasteiger partial charge is 0.0642 e. The third-order valence-electron chi connectivity index (χ3n) is 4.56. The van der Waals surface area contributed by atoms with E-state index in [9.17, 15) is 0 Å². The number of rotatable bonds is 3. The standard InChI is InChI=1S/C17H26N2O/c1-14-2-3-16(13-15-4-6-18-7-5-15)17(12-14)19-8-10-20-11-9-19/h2-3,12,15,18H,4-11,13H2,1H3. The summed E-state index contributed by atoms with van der Waals surface area (Å²) >= 11 is 0. The zero-order valence-electron chi connectivity index (χ0n) is 12.5. The molecule has 2 aliphatic heterocycles. The summed E-state index contributed by atoms with van der Waals surface area (Å²) in [6.07, 6.45) is 3.86. The summed E-state index contributed by atoms with van der Waals surface area (Å²) < 4.78 is 5.49. The van der Waals surface area contributed by atoms with E-state index in [1.54, 1.807) is 0 Å². The molecule has 2 aliphatic rings. The van der Waals surface area contributed by atoms with Crippen LogP contribution in [0.3, 0.4) is 0 Å². The summed E-state index contributed by atoms with van der Waals surface area (Å²) in [5.74, 6) is 0.846. The molecule has 0 radical (unpaired) electrons. The molecule has 1 N–H and O–H groups in total. The highest BCUT2D eigenvalue weighted by atomic mass is 16.5. The van der Waals surface area contributed by atoms with Gasteiger partial charge in [-0.2, -0.15) is 0 Å². The minimum Gasteiger partial charge on any atom is -0.378 e. The quantitative estimate of drug-likeness (QED) is 0.916. The number of morpholine rings is 1. The van der Waals surface area contributed by atoms with E-state index < -0.39 is 0 Å². The molecule has 0 unspecified atom stereocenters. The minimum absolute atomic E-state index is 0.846. The van der Waals surface area contributed by atoms with Crippen LogP contribution in [-0.4, -0.2) is 39.4 Å². The van der Waals surface area contributed by atoms with E-state index in [-0.39, 0.29) is 0 Å². The Kier molecular flexibility index (Phi) is 4.58. The zero-order chi connectivity index (χ0) is 13.8. The lowest BCUT2D eigenvalue weighted by atomic mass is 9.89. The Morgan fingerprint density at radius 2 is 1.95 bits per heavy atom. The summed E-state index contributed by atoms with van der Waals surface area (Å²) in [6, 6.07) is 6.98. The van der Waals surface area contributed by atoms with Gasteiger partial charge in [0.1, 0.15) is 0 Å². The predicted molar refractivity (Wildman–Crippen MR) is 83.5 cm³/mol. The van der Waals surface area contributed by atoms with Gasteiger partial charge in [-0.25, -0.2) is 0 Å². The molecule has 2 heterocycles. The number of hydrogen-bond donors (Lipinski definition) is 1. The predicted octanol–water partition coefficient (Wildman–Crippen LogP) is 2.37. The lowest BCUT2D eigenvalue weighted by Gasteiger charge is -2.32. The van der Waals surface area contributed by atoms with Crippen molar-refractivity contribution < 1.29 is 4.74 Å². The largest absolute Gasteiger partial charge is 0.378 e. The first-order chi connectivity index (χ1) is 9.83. The number of ether oxygens (including phenoxy) is 1. The van der Waals surface area contributed by atoms with Crippen LogP contribution in [0.5, 0.6) is 0 Å². The molecule has 1 aromatic rings. The van der Waals surface area contributed by atoms with Gasteiger partial charge in [0.25, 0.3) is 0 Å². The zero-order valence-corrected chi connectivity index (χ0v) is 12.5. The summed E-state index contributed by atoms with van der Waals surface area (Å²) in [7, 11) is 0. The molecule has 0 aromatic heterocycles. The summed E-state index contributed by atoms with van der Waals surface area (Å²) in [5.41, 5.74) is 4.34. The fourth-order valence-electron chi connectivity index (χ4n) is 3.34. The van der Waals surface area contributed by atoms with Crippen molar-refractivity contribution in [2.45, 2.75) is 26.2 Å². The molecule has 3 heteroatoms. The van der Waals surface area contributed by atoms with Crippen LogP contribution < -0.4 is 10.2 Å². The average Bonchev–Trinajstić information content (AvgIpc) is 2.51. The topological polar surface area (TPSA) is 24.5 Å². The van der Waals surface area contributed by atoms with Gasteiger partial charge < -0.3 is 15.0 Å². The highest BCUT2D eigenvalue weighted by Gasteiger charge is 2.19. The van der Waals surface area contributed by atoms with Crippen molar-refractivity contribution in [2.24, 2.45) is 5.92 Å². The number of hydrogen-bond acceptors (Lipinski definition) is 3. The van der Waals surface area contributed by atoms with E-state index in [1.807, 2.05) is 0 Å². The second-order valence-corrected chi connectivity index (χ2v) is 6.13. The maximum atomic E-state index is 5.49. The van der Waals surface area contributed by atoms with E-state index in [4.69, 9.17) is 4.74 Å². The van der Waals surface area contributed by atoms with Crippen molar-refractivity contribution >= 4 is 5.69 Å². The molecule has 0 atom stereocenters. The third kappa shape index (κ3) is 3.33. The Hall–Kier alpha value is -1.06. The van der Waals surface area contributed by atoms with Gasteiger partial charge in [0.05, 0.1) is 13.2 Å². The highest BCUT2D eigenvalue weighted by Crippen LogP contribution is 2.28. The molecule has 1 aromatic carbocycles. The second-order valence-electron chi connectivity index (χ2n) is 6.13. The molecular formula is C17H26N2O. The van der Waals surface area contributed by atoms with Gasteiger partial charge in [-0.1, -0.05) is 12.1 Å². The molecule has 0 aliphatic carbocycles. The Labute approximate surface area is 122 Å². The molecule has 0 saturated carbocycles. The van der Waals surface area contributed by atoms with Crippen molar-refractivity contribution in [3.8, 4) is 0 Å².